The number of ether oxygens (including phenoxy) is 1. The Labute approximate surface area is 162 Å². The Morgan fingerprint density at radius 1 is 1.07 bits per heavy atom. The van der Waals surface area contributed by atoms with Crippen LogP contribution in [0.3, 0.4) is 0 Å². The summed E-state index contributed by atoms with van der Waals surface area (Å²) in [7, 11) is 1.63. The first-order valence-corrected chi connectivity index (χ1v) is 8.71. The van der Waals surface area contributed by atoms with Gasteiger partial charge >= 0.3 is 0 Å². The van der Waals surface area contributed by atoms with E-state index in [1.54, 1.807) is 37.4 Å². The highest BCUT2D eigenvalue weighted by molar-refractivity contribution is 6.30. The molecule has 0 bridgehead atoms. The number of hydrogen-bond acceptors (Lipinski definition) is 5. The van der Waals surface area contributed by atoms with Crippen LogP contribution in [0.25, 0.3) is 0 Å². The summed E-state index contributed by atoms with van der Waals surface area (Å²) >= 11 is 5.93. The van der Waals surface area contributed by atoms with Crippen LogP contribution < -0.4 is 15.4 Å². The third-order valence-corrected chi connectivity index (χ3v) is 4.20. The average Bonchev–Trinajstić information content (AvgIpc) is 2.69. The number of rotatable bonds is 6. The predicted molar refractivity (Wildman–Crippen MR) is 106 cm³/mol. The van der Waals surface area contributed by atoms with E-state index in [4.69, 9.17) is 16.3 Å². The van der Waals surface area contributed by atoms with Gasteiger partial charge in [0, 0.05) is 17.3 Å². The van der Waals surface area contributed by atoms with Crippen molar-refractivity contribution in [1.82, 2.24) is 10.2 Å². The zero-order valence-corrected chi connectivity index (χ0v) is 15.7. The minimum absolute atomic E-state index is 0.236. The van der Waals surface area contributed by atoms with Crippen LogP contribution in [0.1, 0.15) is 21.6 Å². The SMILES string of the molecule is COc1ccc(CNc2ccc(C(=O)Nc3ccc(Cl)cc3C)nn2)cc1. The van der Waals surface area contributed by atoms with E-state index >= 15 is 0 Å². The topological polar surface area (TPSA) is 76.1 Å². The van der Waals surface area contributed by atoms with Gasteiger partial charge in [-0.05, 0) is 60.5 Å². The highest BCUT2D eigenvalue weighted by Gasteiger charge is 2.10. The van der Waals surface area contributed by atoms with E-state index in [9.17, 15) is 4.79 Å². The predicted octanol–water partition coefficient (Wildman–Crippen LogP) is 4.31. The number of hydrogen-bond donors (Lipinski definition) is 2. The van der Waals surface area contributed by atoms with Crippen LogP contribution in [0.5, 0.6) is 5.75 Å². The third kappa shape index (κ3) is 4.95. The molecule has 0 radical (unpaired) electrons. The van der Waals surface area contributed by atoms with Crippen LogP contribution in [0.2, 0.25) is 5.02 Å². The number of benzene rings is 2. The van der Waals surface area contributed by atoms with Gasteiger partial charge in [-0.1, -0.05) is 23.7 Å². The molecule has 6 nitrogen and oxygen atoms in total. The molecule has 0 atom stereocenters. The van der Waals surface area contributed by atoms with E-state index in [-0.39, 0.29) is 11.6 Å². The maximum Gasteiger partial charge on any atom is 0.276 e. The van der Waals surface area contributed by atoms with E-state index in [0.29, 0.717) is 23.1 Å². The standard InChI is InChI=1S/C20H19ClN4O2/c1-13-11-15(21)5-8-17(13)23-20(26)18-9-10-19(25-24-18)22-12-14-3-6-16(27-2)7-4-14/h3-11H,12H2,1-2H3,(H,22,25)(H,23,26). The number of anilines is 2. The van der Waals surface area contributed by atoms with Gasteiger partial charge in [-0.3, -0.25) is 4.79 Å². The summed E-state index contributed by atoms with van der Waals surface area (Å²) in [5.41, 5.74) is 2.88. The lowest BCUT2D eigenvalue weighted by atomic mass is 10.2. The minimum atomic E-state index is -0.324. The Hall–Kier alpha value is -3.12. The highest BCUT2D eigenvalue weighted by atomic mass is 35.5. The van der Waals surface area contributed by atoms with Crippen molar-refractivity contribution in [2.75, 3.05) is 17.7 Å². The number of nitrogens with one attached hydrogen (secondary N) is 2. The second kappa shape index (κ2) is 8.51. The van der Waals surface area contributed by atoms with Gasteiger partial charge in [-0.2, -0.15) is 0 Å². The van der Waals surface area contributed by atoms with Crippen molar-refractivity contribution in [2.24, 2.45) is 0 Å². The lowest BCUT2D eigenvalue weighted by Gasteiger charge is -2.09. The fourth-order valence-electron chi connectivity index (χ4n) is 2.44. The molecule has 2 N–H and O–H groups in total. The molecule has 3 aromatic rings. The third-order valence-electron chi connectivity index (χ3n) is 3.97. The van der Waals surface area contributed by atoms with Crippen molar-refractivity contribution in [3.63, 3.8) is 0 Å². The van der Waals surface area contributed by atoms with Crippen LogP contribution in [0.15, 0.2) is 54.6 Å². The Morgan fingerprint density at radius 2 is 1.85 bits per heavy atom. The molecule has 2 aromatic carbocycles. The summed E-state index contributed by atoms with van der Waals surface area (Å²) in [6, 6.07) is 16.4. The summed E-state index contributed by atoms with van der Waals surface area (Å²) in [4.78, 5) is 12.3. The lowest BCUT2D eigenvalue weighted by molar-refractivity contribution is 0.102. The van der Waals surface area contributed by atoms with Crippen LogP contribution in [0, 0.1) is 6.92 Å². The van der Waals surface area contributed by atoms with E-state index < -0.39 is 0 Å². The number of halogens is 1. The Balaban J connectivity index is 1.59. The normalized spacial score (nSPS) is 10.3. The van der Waals surface area contributed by atoms with E-state index in [2.05, 4.69) is 20.8 Å². The second-order valence-corrected chi connectivity index (χ2v) is 6.36. The molecule has 7 heteroatoms. The summed E-state index contributed by atoms with van der Waals surface area (Å²) in [5.74, 6) is 1.07. The monoisotopic (exact) mass is 382 g/mol. The van der Waals surface area contributed by atoms with Gasteiger partial charge in [-0.15, -0.1) is 10.2 Å². The van der Waals surface area contributed by atoms with Crippen molar-refractivity contribution < 1.29 is 9.53 Å². The second-order valence-electron chi connectivity index (χ2n) is 5.92. The molecule has 138 valence electrons. The van der Waals surface area contributed by atoms with Gasteiger partial charge in [0.15, 0.2) is 5.69 Å². The van der Waals surface area contributed by atoms with Gasteiger partial charge in [0.1, 0.15) is 11.6 Å². The van der Waals surface area contributed by atoms with Crippen molar-refractivity contribution >= 4 is 29.0 Å². The van der Waals surface area contributed by atoms with Gasteiger partial charge in [0.25, 0.3) is 5.91 Å². The van der Waals surface area contributed by atoms with Crippen LogP contribution in [-0.2, 0) is 6.54 Å². The summed E-state index contributed by atoms with van der Waals surface area (Å²) in [6.45, 7) is 2.47. The molecule has 0 spiro atoms. The maximum absolute atomic E-state index is 12.3. The largest absolute Gasteiger partial charge is 0.497 e. The quantitative estimate of drug-likeness (QED) is 0.664. The molecule has 0 saturated carbocycles. The number of nitrogens with zero attached hydrogens (tertiary/aromatic N) is 2. The van der Waals surface area contributed by atoms with E-state index in [1.807, 2.05) is 31.2 Å². The first-order valence-electron chi connectivity index (χ1n) is 8.33. The maximum atomic E-state index is 12.3. The molecule has 0 aliphatic rings. The molecule has 3 rings (SSSR count). The number of carbonyl (C=O) groups excluding carboxylic acids is 1. The molecular formula is C20H19ClN4O2. The molecular weight excluding hydrogens is 364 g/mol. The molecule has 0 unspecified atom stereocenters. The zero-order valence-electron chi connectivity index (χ0n) is 15.0. The smallest absolute Gasteiger partial charge is 0.276 e. The molecule has 0 saturated heterocycles. The Morgan fingerprint density at radius 3 is 2.48 bits per heavy atom. The fourth-order valence-corrected chi connectivity index (χ4v) is 2.66. The van der Waals surface area contributed by atoms with Gasteiger partial charge < -0.3 is 15.4 Å². The summed E-state index contributed by atoms with van der Waals surface area (Å²) in [6.07, 6.45) is 0. The van der Waals surface area contributed by atoms with E-state index in [0.717, 1.165) is 16.9 Å². The van der Waals surface area contributed by atoms with Crippen molar-refractivity contribution in [1.29, 1.82) is 0 Å². The number of carbonyl (C=O) groups is 1. The number of aryl methyl sites for hydroxylation is 1. The molecule has 0 aliphatic heterocycles. The molecule has 1 aromatic heterocycles. The highest BCUT2D eigenvalue weighted by Crippen LogP contribution is 2.20. The number of amides is 1. The summed E-state index contributed by atoms with van der Waals surface area (Å²) < 4.78 is 5.14. The molecule has 1 heterocycles. The van der Waals surface area contributed by atoms with Crippen LogP contribution >= 0.6 is 11.6 Å². The zero-order chi connectivity index (χ0) is 19.2. The number of methoxy groups -OCH3 is 1. The molecule has 0 fully saturated rings. The van der Waals surface area contributed by atoms with Crippen LogP contribution in [-0.4, -0.2) is 23.2 Å². The lowest BCUT2D eigenvalue weighted by Crippen LogP contribution is -2.15. The summed E-state index contributed by atoms with van der Waals surface area (Å²) in [5, 5.41) is 14.7. The first-order chi connectivity index (χ1) is 13.0. The van der Waals surface area contributed by atoms with Gasteiger partial charge in [0.2, 0.25) is 0 Å². The Bertz CT molecular complexity index is 928. The molecule has 0 aliphatic carbocycles. The van der Waals surface area contributed by atoms with Gasteiger partial charge in [0.05, 0.1) is 7.11 Å². The van der Waals surface area contributed by atoms with Crippen molar-refractivity contribution in [3.8, 4) is 5.75 Å². The number of aromatic nitrogens is 2. The van der Waals surface area contributed by atoms with Gasteiger partial charge in [-0.25, -0.2) is 0 Å². The fraction of sp³-hybridized carbons (Fsp3) is 0.150. The average molecular weight is 383 g/mol. The first kappa shape index (κ1) is 18.7. The molecule has 1 amide bonds. The van der Waals surface area contributed by atoms with Crippen molar-refractivity contribution in [3.05, 3.63) is 76.4 Å². The minimum Gasteiger partial charge on any atom is -0.497 e. The Kier molecular flexibility index (Phi) is 5.88. The van der Waals surface area contributed by atoms with Crippen LogP contribution in [0.4, 0.5) is 11.5 Å². The molecule has 27 heavy (non-hydrogen) atoms. The van der Waals surface area contributed by atoms with Crippen molar-refractivity contribution in [2.45, 2.75) is 13.5 Å². The van der Waals surface area contributed by atoms with E-state index in [1.165, 1.54) is 0 Å².